The maximum Gasteiger partial charge on any atom is 0.227 e. The number of aromatic nitrogens is 4. The van der Waals surface area contributed by atoms with Gasteiger partial charge in [0.2, 0.25) is 5.95 Å². The average Bonchev–Trinajstić information content (AvgIpc) is 3.24. The summed E-state index contributed by atoms with van der Waals surface area (Å²) in [4.78, 5) is 9.22. The van der Waals surface area contributed by atoms with Crippen LogP contribution in [0.15, 0.2) is 36.8 Å². The molecule has 0 aliphatic carbocycles. The van der Waals surface area contributed by atoms with Gasteiger partial charge in [0.25, 0.3) is 0 Å². The SMILES string of the molecule is CCC(O)C1NCCc2cc(Nc3ncc(C)c(-c4cnn(C(C)C)c4)n3)ccc21. The molecule has 2 atom stereocenters. The van der Waals surface area contributed by atoms with Gasteiger partial charge in [-0.1, -0.05) is 13.0 Å². The lowest BCUT2D eigenvalue weighted by Gasteiger charge is -2.30. The van der Waals surface area contributed by atoms with Crippen molar-refractivity contribution in [3.63, 3.8) is 0 Å². The maximum atomic E-state index is 10.3. The first-order valence-electron chi connectivity index (χ1n) is 10.7. The fraction of sp³-hybridized carbons (Fsp3) is 0.435. The van der Waals surface area contributed by atoms with Crippen LogP contribution >= 0.6 is 0 Å². The molecule has 30 heavy (non-hydrogen) atoms. The quantitative estimate of drug-likeness (QED) is 0.575. The highest BCUT2D eigenvalue weighted by atomic mass is 16.3. The van der Waals surface area contributed by atoms with E-state index in [4.69, 9.17) is 4.98 Å². The minimum absolute atomic E-state index is 0.00692. The van der Waals surface area contributed by atoms with Crippen LogP contribution in [0.5, 0.6) is 0 Å². The Morgan fingerprint density at radius 2 is 2.13 bits per heavy atom. The first-order chi connectivity index (χ1) is 14.5. The summed E-state index contributed by atoms with van der Waals surface area (Å²) >= 11 is 0. The van der Waals surface area contributed by atoms with Crippen LogP contribution < -0.4 is 10.6 Å². The van der Waals surface area contributed by atoms with E-state index in [-0.39, 0.29) is 12.1 Å². The summed E-state index contributed by atoms with van der Waals surface area (Å²) in [6.45, 7) is 9.09. The zero-order valence-electron chi connectivity index (χ0n) is 18.1. The Bertz CT molecular complexity index is 1030. The maximum absolute atomic E-state index is 10.3. The van der Waals surface area contributed by atoms with Gasteiger partial charge in [-0.3, -0.25) is 4.68 Å². The Labute approximate surface area is 177 Å². The molecule has 0 radical (unpaired) electrons. The predicted octanol–water partition coefficient (Wildman–Crippen LogP) is 3.93. The molecule has 0 saturated carbocycles. The molecule has 0 amide bonds. The highest BCUT2D eigenvalue weighted by Gasteiger charge is 2.25. The van der Waals surface area contributed by atoms with Crippen LogP contribution in [0.1, 0.15) is 56.0 Å². The third-order valence-electron chi connectivity index (χ3n) is 5.67. The van der Waals surface area contributed by atoms with Crippen molar-refractivity contribution in [3.05, 3.63) is 53.5 Å². The molecule has 0 fully saturated rings. The number of fused-ring (bicyclic) bond motifs is 1. The van der Waals surface area contributed by atoms with Crippen molar-refractivity contribution in [2.45, 2.75) is 58.7 Å². The second-order valence-electron chi connectivity index (χ2n) is 8.22. The van der Waals surface area contributed by atoms with Crippen molar-refractivity contribution in [1.29, 1.82) is 0 Å². The summed E-state index contributed by atoms with van der Waals surface area (Å²) in [6.07, 6.45) is 7.00. The number of benzene rings is 1. The smallest absolute Gasteiger partial charge is 0.227 e. The van der Waals surface area contributed by atoms with Crippen LogP contribution in [0.25, 0.3) is 11.3 Å². The molecule has 2 aromatic heterocycles. The summed E-state index contributed by atoms with van der Waals surface area (Å²) in [5, 5.41) is 21.5. The van der Waals surface area contributed by atoms with Crippen LogP contribution in [0, 0.1) is 6.92 Å². The van der Waals surface area contributed by atoms with Gasteiger partial charge in [-0.05, 0) is 69.0 Å². The molecule has 0 bridgehead atoms. The van der Waals surface area contributed by atoms with Gasteiger partial charge in [0.1, 0.15) is 0 Å². The number of rotatable bonds is 6. The van der Waals surface area contributed by atoms with Crippen LogP contribution in [0.4, 0.5) is 11.6 Å². The molecular weight excluding hydrogens is 376 g/mol. The zero-order valence-corrected chi connectivity index (χ0v) is 18.1. The minimum atomic E-state index is -0.377. The summed E-state index contributed by atoms with van der Waals surface area (Å²) in [7, 11) is 0. The Balaban J connectivity index is 1.59. The fourth-order valence-electron chi connectivity index (χ4n) is 3.92. The lowest BCUT2D eigenvalue weighted by Crippen LogP contribution is -2.37. The lowest BCUT2D eigenvalue weighted by atomic mass is 9.90. The molecule has 3 aromatic rings. The Hall–Kier alpha value is -2.77. The van der Waals surface area contributed by atoms with E-state index in [0.717, 1.165) is 41.9 Å². The van der Waals surface area contributed by atoms with Crippen molar-refractivity contribution >= 4 is 11.6 Å². The fourth-order valence-corrected chi connectivity index (χ4v) is 3.92. The van der Waals surface area contributed by atoms with Crippen molar-refractivity contribution in [1.82, 2.24) is 25.1 Å². The van der Waals surface area contributed by atoms with Crippen LogP contribution in [-0.4, -0.2) is 37.5 Å². The standard InChI is InChI=1S/C23H30N6O/c1-5-20(30)22-19-7-6-18(10-16(19)8-9-24-22)27-23-25-11-15(4)21(28-23)17-12-26-29(13-17)14(2)3/h6-7,10-14,20,22,24,30H,5,8-9H2,1-4H3,(H,25,27,28). The molecule has 7 heteroatoms. The molecule has 1 aliphatic heterocycles. The second kappa shape index (κ2) is 8.53. The first kappa shape index (κ1) is 20.5. The van der Waals surface area contributed by atoms with Gasteiger partial charge in [0.15, 0.2) is 0 Å². The molecule has 7 nitrogen and oxygen atoms in total. The number of nitrogens with one attached hydrogen (secondary N) is 2. The Morgan fingerprint density at radius 3 is 2.87 bits per heavy atom. The molecule has 0 spiro atoms. The average molecular weight is 407 g/mol. The monoisotopic (exact) mass is 406 g/mol. The summed E-state index contributed by atoms with van der Waals surface area (Å²) < 4.78 is 1.93. The predicted molar refractivity (Wildman–Crippen MR) is 119 cm³/mol. The van der Waals surface area contributed by atoms with E-state index in [1.54, 1.807) is 0 Å². The van der Waals surface area contributed by atoms with Crippen LogP contribution in [0.3, 0.4) is 0 Å². The summed E-state index contributed by atoms with van der Waals surface area (Å²) in [5.41, 5.74) is 6.26. The van der Waals surface area contributed by atoms with Gasteiger partial charge >= 0.3 is 0 Å². The normalized spacial score (nSPS) is 17.1. The van der Waals surface area contributed by atoms with Gasteiger partial charge in [-0.2, -0.15) is 5.10 Å². The third-order valence-corrected chi connectivity index (χ3v) is 5.67. The number of aliphatic hydroxyl groups excluding tert-OH is 1. The summed E-state index contributed by atoms with van der Waals surface area (Å²) in [6, 6.07) is 6.56. The highest BCUT2D eigenvalue weighted by Crippen LogP contribution is 2.30. The second-order valence-corrected chi connectivity index (χ2v) is 8.22. The molecule has 4 rings (SSSR count). The van der Waals surface area contributed by atoms with E-state index in [2.05, 4.69) is 46.7 Å². The van der Waals surface area contributed by atoms with E-state index in [1.165, 1.54) is 11.1 Å². The van der Waals surface area contributed by atoms with Gasteiger partial charge in [-0.25, -0.2) is 9.97 Å². The topological polar surface area (TPSA) is 87.9 Å². The first-order valence-corrected chi connectivity index (χ1v) is 10.7. The molecule has 2 unspecified atom stereocenters. The van der Waals surface area contributed by atoms with Crippen molar-refractivity contribution in [2.75, 3.05) is 11.9 Å². The van der Waals surface area contributed by atoms with Crippen molar-refractivity contribution < 1.29 is 5.11 Å². The number of hydrogen-bond donors (Lipinski definition) is 3. The number of hydrogen-bond acceptors (Lipinski definition) is 6. The van der Waals surface area contributed by atoms with Crippen LogP contribution in [-0.2, 0) is 6.42 Å². The van der Waals surface area contributed by atoms with E-state index < -0.39 is 0 Å². The van der Waals surface area contributed by atoms with E-state index >= 15 is 0 Å². The van der Waals surface area contributed by atoms with Crippen molar-refractivity contribution in [2.24, 2.45) is 0 Å². The molecule has 1 aromatic carbocycles. The van der Waals surface area contributed by atoms with Crippen molar-refractivity contribution in [3.8, 4) is 11.3 Å². The molecule has 158 valence electrons. The molecular formula is C23H30N6O. The number of anilines is 2. The minimum Gasteiger partial charge on any atom is -0.391 e. The Kier molecular flexibility index (Phi) is 5.83. The molecule has 3 N–H and O–H groups in total. The molecule has 3 heterocycles. The van der Waals surface area contributed by atoms with E-state index in [0.29, 0.717) is 12.0 Å². The zero-order chi connectivity index (χ0) is 21.3. The van der Waals surface area contributed by atoms with E-state index in [1.807, 2.05) is 43.2 Å². The third kappa shape index (κ3) is 4.08. The number of nitrogens with zero attached hydrogens (tertiary/aromatic N) is 4. The summed E-state index contributed by atoms with van der Waals surface area (Å²) in [5.74, 6) is 0.562. The number of aryl methyl sites for hydroxylation is 1. The van der Waals surface area contributed by atoms with Gasteiger partial charge in [0, 0.05) is 29.7 Å². The van der Waals surface area contributed by atoms with Gasteiger partial charge in [-0.15, -0.1) is 0 Å². The largest absolute Gasteiger partial charge is 0.391 e. The van der Waals surface area contributed by atoms with Gasteiger partial charge in [0.05, 0.1) is 24.0 Å². The molecule has 0 saturated heterocycles. The highest BCUT2D eigenvalue weighted by molar-refractivity contribution is 5.64. The lowest BCUT2D eigenvalue weighted by molar-refractivity contribution is 0.120. The molecule has 1 aliphatic rings. The van der Waals surface area contributed by atoms with Gasteiger partial charge < -0.3 is 15.7 Å². The Morgan fingerprint density at radius 1 is 1.30 bits per heavy atom. The van der Waals surface area contributed by atoms with Crippen LogP contribution in [0.2, 0.25) is 0 Å². The number of aliphatic hydroxyl groups is 1. The van der Waals surface area contributed by atoms with E-state index in [9.17, 15) is 5.11 Å².